The van der Waals surface area contributed by atoms with Gasteiger partial charge in [0.2, 0.25) is 29.7 Å². The zero-order valence-electron chi connectivity index (χ0n) is 63.1. The minimum absolute atomic E-state index is 0.0845. The first-order valence-electron chi connectivity index (χ1n) is 35.4. The largest absolute Gasteiger partial charge is 0.494 e. The van der Waals surface area contributed by atoms with Crippen molar-refractivity contribution in [3.05, 3.63) is 183 Å². The van der Waals surface area contributed by atoms with Crippen molar-refractivity contribution in [3.63, 3.8) is 0 Å². The minimum atomic E-state index is -0.536. The number of nitrogen functional groups attached to an aromatic ring is 5. The average molecular weight is 1780 g/mol. The van der Waals surface area contributed by atoms with Gasteiger partial charge in [-0.3, -0.25) is 0 Å². The lowest BCUT2D eigenvalue weighted by Gasteiger charge is -2.14. The highest BCUT2D eigenvalue weighted by Gasteiger charge is 2.30. The number of benzene rings is 5. The number of thiophene rings is 2. The maximum Gasteiger partial charge on any atom is 0.221 e. The monoisotopic (exact) mass is 1780 g/mol. The number of rotatable bonds is 17. The highest BCUT2D eigenvalue weighted by Crippen LogP contribution is 2.50. The summed E-state index contributed by atoms with van der Waals surface area (Å²) in [6.45, 7) is 15.7. The summed E-state index contributed by atoms with van der Waals surface area (Å²) in [6, 6.07) is 21.6. The molecule has 0 spiro atoms. The van der Waals surface area contributed by atoms with Crippen LogP contribution < -0.4 is 57.7 Å². The van der Waals surface area contributed by atoms with Crippen molar-refractivity contribution in [3.8, 4) is 85.0 Å². The topological polar surface area (TPSA) is 366 Å². The Morgan fingerprint density at radius 2 is 0.974 bits per heavy atom. The normalized spacial score (nSPS) is 11.9. The Hall–Kier alpha value is -10.7. The van der Waals surface area contributed by atoms with Crippen LogP contribution in [0.25, 0.3) is 121 Å². The van der Waals surface area contributed by atoms with Crippen LogP contribution in [0, 0.1) is 11.6 Å². The second kappa shape index (κ2) is 36.0. The molecule has 0 saturated heterocycles. The van der Waals surface area contributed by atoms with E-state index in [1.54, 1.807) is 42.7 Å². The Balaban J connectivity index is 0.000000127. The smallest absolute Gasteiger partial charge is 0.221 e. The van der Waals surface area contributed by atoms with Crippen LogP contribution in [0.2, 0.25) is 40.2 Å². The molecule has 0 bridgehead atoms. The van der Waals surface area contributed by atoms with E-state index in [2.05, 4.69) is 78.3 Å². The van der Waals surface area contributed by atoms with Crippen molar-refractivity contribution < 1.29 is 37.2 Å². The first-order valence-corrected chi connectivity index (χ1v) is 40.0. The van der Waals surface area contributed by atoms with Gasteiger partial charge in [-0.05, 0) is 107 Å². The van der Waals surface area contributed by atoms with Gasteiger partial charge in [0.05, 0.1) is 128 Å². The molecule has 13 N–H and O–H groups in total. The van der Waals surface area contributed by atoms with E-state index in [1.165, 1.54) is 61.2 Å². The molecule has 5 aromatic carbocycles. The number of aromatic nitrogens is 13. The number of nitrogens with one attached hydrogen (secondary N) is 3. The number of aromatic amines is 2. The number of aryl methyl sites for hydroxylation is 1. The first kappa shape index (κ1) is 84.2. The highest BCUT2D eigenvalue weighted by molar-refractivity contribution is 7.20. The number of hydrogen-bond donors (Lipinski definition) is 8. The summed E-state index contributed by atoms with van der Waals surface area (Å²) in [5.41, 5.74) is 42.5. The predicted octanol–water partition coefficient (Wildman–Crippen LogP) is 19.4. The van der Waals surface area contributed by atoms with E-state index in [1.807, 2.05) is 74.9 Å². The van der Waals surface area contributed by atoms with Gasteiger partial charge in [-0.1, -0.05) is 106 Å². The van der Waals surface area contributed by atoms with Crippen LogP contribution in [0.4, 0.5) is 38.5 Å². The van der Waals surface area contributed by atoms with E-state index in [4.69, 9.17) is 150 Å². The molecule has 0 atom stereocenters. The van der Waals surface area contributed by atoms with Crippen molar-refractivity contribution in [1.29, 1.82) is 0 Å². The van der Waals surface area contributed by atoms with E-state index in [-0.39, 0.29) is 51.3 Å². The van der Waals surface area contributed by atoms with Crippen LogP contribution in [0.1, 0.15) is 34.7 Å². The Bertz CT molecular complexity index is 6220. The number of halogens is 10. The summed E-state index contributed by atoms with van der Waals surface area (Å²) in [4.78, 5) is 54.5. The van der Waals surface area contributed by atoms with Gasteiger partial charge in [-0.25, -0.2) is 58.6 Å². The average Bonchev–Trinajstić information content (AvgIpc) is 1.65. The standard InChI is InChI=1S/C18H16Cl2N4OS.C18H15Cl2N3O2S.C16H17Cl2N5O.C14H12ClFN4O.C13H10ClFN4O/c1-3-22-8(2)13-6-10-15(23-18(21)24-17(10)26-13)14-9-4-5-25-16(9)12(20)7-11(14)19;1-3-24-8(2)13-6-10-15(22-18(21)23-17(10)26-13)14-9-4-5-25-16(9)12(20)7-11(14)19;1-23(2)5-6-24-13-7-9(10(17)8-11(13)18)14-15-12(3-4-20-15)21-16(19)22-14;1-20-4-3-10-13(20)12(19-14(17)18-10)7-5-11(21-2)9(16)6-8(7)15;1-20-10-4-6(7(14)5-8(10)15)11-12-9(2-3-17-12)18-13(16)19-11/h6-7,22H,2-5H2,1H3,(H2,21,23,24);6-7H,2-5H2,1H3,(H2,21,22,23);3-4,7-8,20H,5-6H2,1-2H3,(H2,19,21,22);3-6H,1-2H3,(H2,17,18,19);2-5,17H,1H3,(H2,16,18,19). The third kappa shape index (κ3) is 17.9. The Labute approximate surface area is 715 Å². The summed E-state index contributed by atoms with van der Waals surface area (Å²) in [5.74, 6) is 2.39. The van der Waals surface area contributed by atoms with E-state index in [9.17, 15) is 8.78 Å². The number of methoxy groups -OCH3 is 2. The first-order chi connectivity index (χ1) is 56.0. The molecule has 26 nitrogen and oxygen atoms in total. The van der Waals surface area contributed by atoms with Gasteiger partial charge in [-0.15, -0.1) is 22.7 Å². The van der Waals surface area contributed by atoms with Crippen LogP contribution in [-0.2, 0) is 24.6 Å². The molecular formula is C79H70Cl8F2N20O6S2. The fraction of sp³-hybridized carbons (Fsp3) is 0.190. The van der Waals surface area contributed by atoms with Crippen molar-refractivity contribution in [2.24, 2.45) is 7.05 Å². The van der Waals surface area contributed by atoms with Gasteiger partial charge >= 0.3 is 0 Å². The Kier molecular flexibility index (Phi) is 25.9. The molecule has 0 unspecified atom stereocenters. The Morgan fingerprint density at radius 1 is 0.538 bits per heavy atom. The van der Waals surface area contributed by atoms with Crippen LogP contribution >= 0.6 is 115 Å². The van der Waals surface area contributed by atoms with Gasteiger partial charge in [0.1, 0.15) is 56.4 Å². The van der Waals surface area contributed by atoms with Gasteiger partial charge < -0.3 is 81.8 Å². The molecule has 10 aromatic heterocycles. The second-order valence-electron chi connectivity index (χ2n) is 25.9. The Morgan fingerprint density at radius 3 is 1.46 bits per heavy atom. The van der Waals surface area contributed by atoms with Gasteiger partial charge in [0.15, 0.2) is 23.1 Å². The van der Waals surface area contributed by atoms with E-state index in [0.717, 1.165) is 94.2 Å². The molecule has 0 aliphatic carbocycles. The number of anilines is 5. The molecule has 2 aliphatic rings. The van der Waals surface area contributed by atoms with Crippen molar-refractivity contribution >= 4 is 210 Å². The summed E-state index contributed by atoms with van der Waals surface area (Å²) < 4.78 is 61.8. The summed E-state index contributed by atoms with van der Waals surface area (Å²) in [7, 11) is 8.59. The summed E-state index contributed by atoms with van der Waals surface area (Å²) >= 11 is 53.5. The quantitative estimate of drug-likeness (QED) is 0.0393. The highest BCUT2D eigenvalue weighted by atomic mass is 35.5. The molecule has 0 amide bonds. The molecule has 12 heterocycles. The molecule has 0 saturated carbocycles. The molecule has 38 heteroatoms. The number of fused-ring (bicyclic) bond motifs is 7. The lowest BCUT2D eigenvalue weighted by Crippen LogP contribution is -2.19. The SMILES string of the molecule is C=C(NCC)c1cc2c(-c3c(Cl)cc(Cl)c4c3CCO4)nc(N)nc2s1.C=C(OCC)c1cc2c(-c3c(Cl)cc(Cl)c4c3CCO4)nc(N)nc2s1.CN(C)CCOc1cc(-c2nc(N)nc3cc[nH]c23)c(Cl)cc1Cl.COc1cc(-c2nc(N)nc3cc[nH]c23)c(Cl)cc1F.COc1cc(-c2nc(N)nc3ccn(C)c23)c(Cl)cc1F. The number of hydrogen-bond acceptors (Lipinski definition) is 25. The third-order valence-electron chi connectivity index (χ3n) is 18.0. The van der Waals surface area contributed by atoms with Crippen molar-refractivity contribution in [2.75, 3.05) is 96.5 Å². The summed E-state index contributed by atoms with van der Waals surface area (Å²) in [5, 5.41) is 8.37. The molecule has 17 rings (SSSR count). The van der Waals surface area contributed by atoms with E-state index < -0.39 is 11.6 Å². The zero-order valence-corrected chi connectivity index (χ0v) is 70.8. The molecule has 117 heavy (non-hydrogen) atoms. The number of nitrogens with zero attached hydrogens (tertiary/aromatic N) is 12. The third-order valence-corrected chi connectivity index (χ3v) is 22.5. The molecule has 0 fully saturated rings. The van der Waals surface area contributed by atoms with Crippen LogP contribution in [-0.4, -0.2) is 137 Å². The number of nitrogens with two attached hydrogens (primary N) is 5. The van der Waals surface area contributed by atoms with Crippen molar-refractivity contribution in [2.45, 2.75) is 26.7 Å². The zero-order chi connectivity index (χ0) is 83.5. The van der Waals surface area contributed by atoms with Gasteiger partial charge in [-0.2, -0.15) is 0 Å². The van der Waals surface area contributed by atoms with Crippen LogP contribution in [0.15, 0.2) is 111 Å². The van der Waals surface area contributed by atoms with Gasteiger partial charge in [0, 0.05) is 107 Å². The lowest BCUT2D eigenvalue weighted by atomic mass is 10.00. The van der Waals surface area contributed by atoms with Crippen LogP contribution in [0.5, 0.6) is 28.7 Å². The number of ether oxygens (including phenoxy) is 6. The maximum absolute atomic E-state index is 13.7. The molecule has 0 radical (unpaired) electrons. The minimum Gasteiger partial charge on any atom is -0.494 e. The summed E-state index contributed by atoms with van der Waals surface area (Å²) in [6.07, 6.45) is 6.77. The van der Waals surface area contributed by atoms with E-state index >= 15 is 0 Å². The van der Waals surface area contributed by atoms with E-state index in [0.29, 0.717) is 148 Å². The lowest BCUT2D eigenvalue weighted by molar-refractivity contribution is 0.261. The molecule has 604 valence electrons. The molecular weight excluding hydrogens is 1710 g/mol. The second-order valence-corrected chi connectivity index (χ2v) is 31.2. The fourth-order valence-corrected chi connectivity index (χ4v) is 17.1. The van der Waals surface area contributed by atoms with Gasteiger partial charge in [0.25, 0.3) is 0 Å². The number of likely N-dealkylation sites (N-methyl/N-ethyl adjacent to an activating group) is 1. The maximum atomic E-state index is 13.7. The molecule has 2 aliphatic heterocycles. The predicted molar refractivity (Wildman–Crippen MR) is 469 cm³/mol. The fourth-order valence-electron chi connectivity index (χ4n) is 12.8. The van der Waals surface area contributed by atoms with Crippen molar-refractivity contribution in [1.82, 2.24) is 74.6 Å². The van der Waals surface area contributed by atoms with Crippen LogP contribution in [0.3, 0.4) is 0 Å². The number of H-pyrrole nitrogens is 2. The molecule has 15 aromatic rings.